The van der Waals surface area contributed by atoms with Crippen molar-refractivity contribution in [1.82, 2.24) is 4.90 Å². The molecule has 33 heavy (non-hydrogen) atoms. The molecule has 1 N–H and O–H groups in total. The maximum Gasteiger partial charge on any atom is 0.256 e. The van der Waals surface area contributed by atoms with E-state index in [9.17, 15) is 14.0 Å². The van der Waals surface area contributed by atoms with E-state index in [-0.39, 0.29) is 17.4 Å². The molecule has 5 nitrogen and oxygen atoms in total. The molecule has 1 saturated heterocycles. The van der Waals surface area contributed by atoms with Crippen LogP contribution in [0.5, 0.6) is 0 Å². The van der Waals surface area contributed by atoms with Crippen molar-refractivity contribution in [3.8, 4) is 0 Å². The first-order chi connectivity index (χ1) is 16.0. The monoisotopic (exact) mass is 465 g/mol. The number of hydrogen-bond donors (Lipinski definition) is 1. The van der Waals surface area contributed by atoms with Crippen LogP contribution in [0.2, 0.25) is 5.02 Å². The fourth-order valence-electron chi connectivity index (χ4n) is 3.93. The molecule has 0 saturated carbocycles. The Morgan fingerprint density at radius 3 is 2.33 bits per heavy atom. The lowest BCUT2D eigenvalue weighted by Gasteiger charge is -2.37. The number of aryl methyl sites for hydroxylation is 1. The Bertz CT molecular complexity index is 1160. The predicted octanol–water partition coefficient (Wildman–Crippen LogP) is 5.26. The lowest BCUT2D eigenvalue weighted by Crippen LogP contribution is -2.49. The van der Waals surface area contributed by atoms with Crippen LogP contribution < -0.4 is 10.2 Å². The van der Waals surface area contributed by atoms with Crippen molar-refractivity contribution in [3.63, 3.8) is 0 Å². The number of halogens is 2. The van der Waals surface area contributed by atoms with Gasteiger partial charge < -0.3 is 15.1 Å². The Morgan fingerprint density at radius 2 is 1.67 bits per heavy atom. The molecular weight excluding hydrogens is 441 g/mol. The van der Waals surface area contributed by atoms with E-state index in [1.165, 1.54) is 12.1 Å². The fraction of sp³-hybridized carbons (Fsp3) is 0.231. The highest BCUT2D eigenvalue weighted by Gasteiger charge is 2.25. The minimum atomic E-state index is -0.514. The summed E-state index contributed by atoms with van der Waals surface area (Å²) < 4.78 is 14.0. The van der Waals surface area contributed by atoms with Crippen LogP contribution in [0.25, 0.3) is 0 Å². The van der Waals surface area contributed by atoms with Gasteiger partial charge in [-0.1, -0.05) is 42.8 Å². The number of rotatable bonds is 5. The molecule has 0 aromatic heterocycles. The molecule has 1 aliphatic heterocycles. The van der Waals surface area contributed by atoms with Gasteiger partial charge in [-0.3, -0.25) is 9.59 Å². The SMILES string of the molecule is CCc1ccc(C(=O)Nc2cc(Cl)ccc2N2CCN(C(=O)c3ccccc3F)CC2)cc1. The molecule has 3 aromatic carbocycles. The maximum absolute atomic E-state index is 14.0. The van der Waals surface area contributed by atoms with E-state index in [1.54, 1.807) is 29.2 Å². The number of benzene rings is 3. The second kappa shape index (κ2) is 10.0. The molecule has 0 bridgehead atoms. The molecule has 170 valence electrons. The van der Waals surface area contributed by atoms with Gasteiger partial charge in [0.25, 0.3) is 11.8 Å². The Kier molecular flexibility index (Phi) is 6.94. The predicted molar refractivity (Wildman–Crippen MR) is 130 cm³/mol. The summed E-state index contributed by atoms with van der Waals surface area (Å²) in [6.45, 7) is 4.06. The van der Waals surface area contributed by atoms with Crippen molar-refractivity contribution >= 4 is 34.8 Å². The molecular formula is C26H25ClFN3O2. The standard InChI is InChI=1S/C26H25ClFN3O2/c1-2-18-7-9-19(10-8-18)25(32)29-23-17-20(27)11-12-24(23)30-13-15-31(16-14-30)26(33)21-5-3-4-6-22(21)28/h3-12,17H,2,13-16H2,1H3,(H,29,32). The second-order valence-corrected chi connectivity index (χ2v) is 8.36. The van der Waals surface area contributed by atoms with Gasteiger partial charge in [-0.25, -0.2) is 4.39 Å². The van der Waals surface area contributed by atoms with Gasteiger partial charge in [0.1, 0.15) is 5.82 Å². The van der Waals surface area contributed by atoms with Crippen LogP contribution in [-0.4, -0.2) is 42.9 Å². The number of nitrogens with zero attached hydrogens (tertiary/aromatic N) is 2. The van der Waals surface area contributed by atoms with E-state index in [4.69, 9.17) is 11.6 Å². The van der Waals surface area contributed by atoms with Crippen molar-refractivity contribution in [3.05, 3.63) is 94.3 Å². The molecule has 0 radical (unpaired) electrons. The van der Waals surface area contributed by atoms with Gasteiger partial charge in [0, 0.05) is 36.8 Å². The van der Waals surface area contributed by atoms with E-state index in [1.807, 2.05) is 30.3 Å². The molecule has 1 fully saturated rings. The minimum absolute atomic E-state index is 0.0829. The Morgan fingerprint density at radius 1 is 0.970 bits per heavy atom. The average Bonchev–Trinajstić information content (AvgIpc) is 2.84. The van der Waals surface area contributed by atoms with E-state index in [0.717, 1.165) is 17.7 Å². The lowest BCUT2D eigenvalue weighted by molar-refractivity contribution is 0.0742. The third-order valence-electron chi connectivity index (χ3n) is 5.84. The molecule has 7 heteroatoms. The zero-order valence-electron chi connectivity index (χ0n) is 18.4. The molecule has 1 aliphatic rings. The van der Waals surface area contributed by atoms with Crippen molar-refractivity contribution in [2.45, 2.75) is 13.3 Å². The molecule has 0 aliphatic carbocycles. The number of hydrogen-bond acceptors (Lipinski definition) is 3. The highest BCUT2D eigenvalue weighted by atomic mass is 35.5. The van der Waals surface area contributed by atoms with Gasteiger partial charge in [-0.2, -0.15) is 0 Å². The summed E-state index contributed by atoms with van der Waals surface area (Å²) in [7, 11) is 0. The first kappa shape index (κ1) is 22.8. The molecule has 0 atom stereocenters. The van der Waals surface area contributed by atoms with Gasteiger partial charge in [0.05, 0.1) is 16.9 Å². The average molecular weight is 466 g/mol. The summed E-state index contributed by atoms with van der Waals surface area (Å²) in [5.41, 5.74) is 3.26. The van der Waals surface area contributed by atoms with Crippen molar-refractivity contribution < 1.29 is 14.0 Å². The van der Waals surface area contributed by atoms with Crippen LogP contribution in [0.4, 0.5) is 15.8 Å². The molecule has 0 unspecified atom stereocenters. The van der Waals surface area contributed by atoms with Crippen LogP contribution in [0, 0.1) is 5.82 Å². The molecule has 2 amide bonds. The summed E-state index contributed by atoms with van der Waals surface area (Å²) in [5, 5.41) is 3.49. The highest BCUT2D eigenvalue weighted by Crippen LogP contribution is 2.31. The van der Waals surface area contributed by atoms with Gasteiger partial charge >= 0.3 is 0 Å². The molecule has 4 rings (SSSR count). The first-order valence-electron chi connectivity index (χ1n) is 10.9. The number of nitrogens with one attached hydrogen (secondary N) is 1. The topological polar surface area (TPSA) is 52.7 Å². The van der Waals surface area contributed by atoms with Gasteiger partial charge in [-0.15, -0.1) is 0 Å². The van der Waals surface area contributed by atoms with E-state index in [0.29, 0.717) is 42.5 Å². The zero-order valence-corrected chi connectivity index (χ0v) is 19.1. The van der Waals surface area contributed by atoms with Gasteiger partial charge in [-0.05, 0) is 54.4 Å². The van der Waals surface area contributed by atoms with Crippen LogP contribution >= 0.6 is 11.6 Å². The van der Waals surface area contributed by atoms with Gasteiger partial charge in [0.15, 0.2) is 0 Å². The van der Waals surface area contributed by atoms with Crippen molar-refractivity contribution in [2.75, 3.05) is 36.4 Å². The molecule has 0 spiro atoms. The summed E-state index contributed by atoms with van der Waals surface area (Å²) >= 11 is 6.21. The van der Waals surface area contributed by atoms with E-state index >= 15 is 0 Å². The first-order valence-corrected chi connectivity index (χ1v) is 11.3. The van der Waals surface area contributed by atoms with Crippen molar-refractivity contribution in [1.29, 1.82) is 0 Å². The smallest absolute Gasteiger partial charge is 0.256 e. The number of piperazine rings is 1. The third-order valence-corrected chi connectivity index (χ3v) is 6.08. The summed E-state index contributed by atoms with van der Waals surface area (Å²) in [4.78, 5) is 29.3. The molecule has 1 heterocycles. The largest absolute Gasteiger partial charge is 0.366 e. The number of carbonyl (C=O) groups is 2. The third kappa shape index (κ3) is 5.17. The summed E-state index contributed by atoms with van der Waals surface area (Å²) in [6.07, 6.45) is 0.908. The Labute approximate surface area is 197 Å². The zero-order chi connectivity index (χ0) is 23.4. The lowest BCUT2D eigenvalue weighted by atomic mass is 10.1. The van der Waals surface area contributed by atoms with Crippen molar-refractivity contribution in [2.24, 2.45) is 0 Å². The Balaban J connectivity index is 1.47. The van der Waals surface area contributed by atoms with Gasteiger partial charge in [0.2, 0.25) is 0 Å². The number of anilines is 2. The minimum Gasteiger partial charge on any atom is -0.366 e. The Hall–Kier alpha value is -3.38. The maximum atomic E-state index is 14.0. The second-order valence-electron chi connectivity index (χ2n) is 7.93. The van der Waals surface area contributed by atoms with Crippen LogP contribution in [0.1, 0.15) is 33.2 Å². The van der Waals surface area contributed by atoms with Crippen LogP contribution in [-0.2, 0) is 6.42 Å². The summed E-state index contributed by atoms with van der Waals surface area (Å²) in [5.74, 6) is -1.04. The van der Waals surface area contributed by atoms with E-state index in [2.05, 4.69) is 17.1 Å². The van der Waals surface area contributed by atoms with E-state index < -0.39 is 5.82 Å². The van der Waals surface area contributed by atoms with Crippen LogP contribution in [0.15, 0.2) is 66.7 Å². The summed E-state index contributed by atoms with van der Waals surface area (Å²) in [6, 6.07) is 18.9. The number of amides is 2. The van der Waals surface area contributed by atoms with Crippen LogP contribution in [0.3, 0.4) is 0 Å². The quantitative estimate of drug-likeness (QED) is 0.559. The molecule has 3 aromatic rings. The highest BCUT2D eigenvalue weighted by molar-refractivity contribution is 6.31. The fourth-order valence-corrected chi connectivity index (χ4v) is 4.10. The number of carbonyl (C=O) groups excluding carboxylic acids is 2. The normalized spacial score (nSPS) is 13.7.